The van der Waals surface area contributed by atoms with Crippen molar-refractivity contribution < 1.29 is 19.4 Å². The zero-order chi connectivity index (χ0) is 13.5. The van der Waals surface area contributed by atoms with Gasteiger partial charge in [-0.3, -0.25) is 14.5 Å². The summed E-state index contributed by atoms with van der Waals surface area (Å²) in [6.07, 6.45) is 0.717. The molecule has 1 N–H and O–H groups in total. The van der Waals surface area contributed by atoms with Gasteiger partial charge in [0.15, 0.2) is 0 Å². The molecule has 0 fully saturated rings. The molecule has 0 heterocycles. The average molecular weight is 251 g/mol. The molecular formula is C13H17NO4. The first kappa shape index (κ1) is 14.2. The van der Waals surface area contributed by atoms with E-state index in [9.17, 15) is 14.7 Å². The van der Waals surface area contributed by atoms with E-state index >= 15 is 0 Å². The summed E-state index contributed by atoms with van der Waals surface area (Å²) in [7, 11) is 1.74. The van der Waals surface area contributed by atoms with E-state index in [0.29, 0.717) is 30.6 Å². The summed E-state index contributed by atoms with van der Waals surface area (Å²) < 4.78 is 4.83. The molecule has 1 aromatic rings. The molecule has 0 aliphatic rings. The van der Waals surface area contributed by atoms with Crippen LogP contribution in [0.25, 0.3) is 0 Å². The first-order chi connectivity index (χ1) is 8.56. The average Bonchev–Trinajstić information content (AvgIpc) is 2.32. The molecule has 0 spiro atoms. The van der Waals surface area contributed by atoms with Crippen LogP contribution in [-0.4, -0.2) is 42.5 Å². The minimum absolute atomic E-state index is 0.108. The highest BCUT2D eigenvalue weighted by Crippen LogP contribution is 2.19. The standard InChI is InChI=1S/C13H17NO4/c1-3-18-13(17)8-14(2)7-11-6-10(9-15)4-5-12(11)16/h4-6,9,16H,3,7-8H2,1-2H3. The van der Waals surface area contributed by atoms with Crippen LogP contribution in [0, 0.1) is 0 Å². The number of carbonyl (C=O) groups is 2. The molecule has 0 saturated carbocycles. The number of phenolic OH excluding ortho intramolecular Hbond substituents is 1. The number of rotatable bonds is 6. The van der Waals surface area contributed by atoms with Crippen molar-refractivity contribution in [1.29, 1.82) is 0 Å². The Labute approximate surface area is 106 Å². The van der Waals surface area contributed by atoms with E-state index in [2.05, 4.69) is 0 Å². The molecule has 0 aliphatic heterocycles. The van der Waals surface area contributed by atoms with Gasteiger partial charge in [0.2, 0.25) is 0 Å². The highest BCUT2D eigenvalue weighted by atomic mass is 16.5. The van der Waals surface area contributed by atoms with Gasteiger partial charge >= 0.3 is 5.97 Å². The van der Waals surface area contributed by atoms with E-state index in [4.69, 9.17) is 4.74 Å². The van der Waals surface area contributed by atoms with Crippen molar-refractivity contribution in [2.75, 3.05) is 20.2 Å². The summed E-state index contributed by atoms with van der Waals surface area (Å²) >= 11 is 0. The second-order valence-electron chi connectivity index (χ2n) is 3.98. The van der Waals surface area contributed by atoms with Crippen LogP contribution in [0.5, 0.6) is 5.75 Å². The van der Waals surface area contributed by atoms with Gasteiger partial charge < -0.3 is 9.84 Å². The van der Waals surface area contributed by atoms with Crippen LogP contribution in [-0.2, 0) is 16.1 Å². The Morgan fingerprint density at radius 3 is 2.83 bits per heavy atom. The Balaban J connectivity index is 2.66. The summed E-state index contributed by atoms with van der Waals surface area (Å²) in [6.45, 7) is 2.60. The third kappa shape index (κ3) is 4.18. The molecule has 1 rings (SSSR count). The van der Waals surface area contributed by atoms with Gasteiger partial charge in [-0.2, -0.15) is 0 Å². The summed E-state index contributed by atoms with van der Waals surface area (Å²) in [5.41, 5.74) is 1.10. The van der Waals surface area contributed by atoms with Gasteiger partial charge in [-0.25, -0.2) is 0 Å². The van der Waals surface area contributed by atoms with Crippen LogP contribution in [0.1, 0.15) is 22.8 Å². The lowest BCUT2D eigenvalue weighted by Crippen LogP contribution is -2.27. The predicted octanol–water partition coefficient (Wildman–Crippen LogP) is 1.20. The van der Waals surface area contributed by atoms with Crippen molar-refractivity contribution in [3.8, 4) is 5.75 Å². The Bertz CT molecular complexity index is 431. The van der Waals surface area contributed by atoms with Gasteiger partial charge in [0.25, 0.3) is 0 Å². The quantitative estimate of drug-likeness (QED) is 0.608. The normalized spacial score (nSPS) is 10.4. The molecular weight excluding hydrogens is 234 g/mol. The number of carbonyl (C=O) groups excluding carboxylic acids is 2. The highest BCUT2D eigenvalue weighted by molar-refractivity contribution is 5.75. The Morgan fingerprint density at radius 1 is 1.50 bits per heavy atom. The molecule has 0 radical (unpaired) electrons. The molecule has 0 aliphatic carbocycles. The zero-order valence-electron chi connectivity index (χ0n) is 10.5. The molecule has 0 unspecified atom stereocenters. The lowest BCUT2D eigenvalue weighted by Gasteiger charge is -2.16. The minimum atomic E-state index is -0.314. The topological polar surface area (TPSA) is 66.8 Å². The maximum absolute atomic E-state index is 11.3. The minimum Gasteiger partial charge on any atom is -0.508 e. The third-order valence-electron chi connectivity index (χ3n) is 2.38. The molecule has 1 aromatic carbocycles. The zero-order valence-corrected chi connectivity index (χ0v) is 10.5. The number of hydrogen-bond acceptors (Lipinski definition) is 5. The number of hydrogen-bond donors (Lipinski definition) is 1. The summed E-state index contributed by atoms with van der Waals surface area (Å²) in [5.74, 6) is -0.206. The number of phenols is 1. The second-order valence-corrected chi connectivity index (χ2v) is 3.98. The lowest BCUT2D eigenvalue weighted by molar-refractivity contribution is -0.144. The maximum Gasteiger partial charge on any atom is 0.320 e. The van der Waals surface area contributed by atoms with Crippen LogP contribution in [0.15, 0.2) is 18.2 Å². The summed E-state index contributed by atoms with van der Waals surface area (Å²) in [6, 6.07) is 4.61. The van der Waals surface area contributed by atoms with Crippen LogP contribution < -0.4 is 0 Å². The number of benzene rings is 1. The van der Waals surface area contributed by atoms with E-state index < -0.39 is 0 Å². The van der Waals surface area contributed by atoms with Gasteiger partial charge in [-0.1, -0.05) is 0 Å². The van der Waals surface area contributed by atoms with E-state index in [1.165, 1.54) is 12.1 Å². The SMILES string of the molecule is CCOC(=O)CN(C)Cc1cc(C=O)ccc1O. The molecule has 0 saturated heterocycles. The van der Waals surface area contributed by atoms with E-state index in [1.54, 1.807) is 24.9 Å². The van der Waals surface area contributed by atoms with Crippen molar-refractivity contribution >= 4 is 12.3 Å². The summed E-state index contributed by atoms with van der Waals surface area (Å²) in [4.78, 5) is 23.6. The van der Waals surface area contributed by atoms with E-state index in [0.717, 1.165) is 0 Å². The van der Waals surface area contributed by atoms with Gasteiger partial charge in [0.05, 0.1) is 13.2 Å². The highest BCUT2D eigenvalue weighted by Gasteiger charge is 2.10. The van der Waals surface area contributed by atoms with Crippen LogP contribution in [0.2, 0.25) is 0 Å². The van der Waals surface area contributed by atoms with Gasteiger partial charge in [0, 0.05) is 17.7 Å². The predicted molar refractivity (Wildman–Crippen MR) is 66.5 cm³/mol. The fourth-order valence-electron chi connectivity index (χ4n) is 1.58. The first-order valence-corrected chi connectivity index (χ1v) is 5.68. The number of likely N-dealkylation sites (N-methyl/N-ethyl adjacent to an activating group) is 1. The fourth-order valence-corrected chi connectivity index (χ4v) is 1.58. The molecule has 0 amide bonds. The number of aromatic hydroxyl groups is 1. The smallest absolute Gasteiger partial charge is 0.320 e. The van der Waals surface area contributed by atoms with Crippen LogP contribution in [0.3, 0.4) is 0 Å². The van der Waals surface area contributed by atoms with Crippen LogP contribution >= 0.6 is 0 Å². The van der Waals surface area contributed by atoms with E-state index in [-0.39, 0.29) is 18.3 Å². The molecule has 18 heavy (non-hydrogen) atoms. The number of ether oxygens (including phenoxy) is 1. The Hall–Kier alpha value is -1.88. The lowest BCUT2D eigenvalue weighted by atomic mass is 10.1. The largest absolute Gasteiger partial charge is 0.508 e. The van der Waals surface area contributed by atoms with Gasteiger partial charge in [-0.15, -0.1) is 0 Å². The Morgan fingerprint density at radius 2 is 2.22 bits per heavy atom. The number of nitrogens with zero attached hydrogens (tertiary/aromatic N) is 1. The van der Waals surface area contributed by atoms with Crippen molar-refractivity contribution in [3.05, 3.63) is 29.3 Å². The van der Waals surface area contributed by atoms with Crippen molar-refractivity contribution in [3.63, 3.8) is 0 Å². The molecule has 5 nitrogen and oxygen atoms in total. The van der Waals surface area contributed by atoms with E-state index in [1.807, 2.05) is 0 Å². The molecule has 0 bridgehead atoms. The third-order valence-corrected chi connectivity index (χ3v) is 2.38. The Kier molecular flexibility index (Phi) is 5.32. The first-order valence-electron chi connectivity index (χ1n) is 5.68. The van der Waals surface area contributed by atoms with Crippen molar-refractivity contribution in [2.45, 2.75) is 13.5 Å². The molecule has 98 valence electrons. The fraction of sp³-hybridized carbons (Fsp3) is 0.385. The maximum atomic E-state index is 11.3. The van der Waals surface area contributed by atoms with Gasteiger partial charge in [0.1, 0.15) is 12.0 Å². The number of esters is 1. The van der Waals surface area contributed by atoms with Gasteiger partial charge in [-0.05, 0) is 32.2 Å². The number of aldehydes is 1. The second kappa shape index (κ2) is 6.76. The monoisotopic (exact) mass is 251 g/mol. The van der Waals surface area contributed by atoms with Crippen molar-refractivity contribution in [1.82, 2.24) is 4.90 Å². The molecule has 0 atom stereocenters. The molecule has 0 aromatic heterocycles. The summed E-state index contributed by atoms with van der Waals surface area (Å²) in [5, 5.41) is 9.66. The van der Waals surface area contributed by atoms with Crippen LogP contribution in [0.4, 0.5) is 0 Å². The molecule has 5 heteroatoms. The van der Waals surface area contributed by atoms with Crippen molar-refractivity contribution in [2.24, 2.45) is 0 Å².